The van der Waals surface area contributed by atoms with Crippen LogP contribution in [0.1, 0.15) is 23.2 Å². The third-order valence-electron chi connectivity index (χ3n) is 6.15. The topological polar surface area (TPSA) is 81.8 Å². The number of benzene rings is 3. The number of carbonyl (C=O) groups is 3. The Morgan fingerprint density at radius 3 is 1.95 bits per heavy atom. The van der Waals surface area contributed by atoms with Crippen LogP contribution in [0.25, 0.3) is 0 Å². The van der Waals surface area contributed by atoms with Gasteiger partial charge in [0.05, 0.1) is 5.69 Å². The van der Waals surface area contributed by atoms with Crippen molar-refractivity contribution >= 4 is 75.3 Å². The van der Waals surface area contributed by atoms with Crippen molar-refractivity contribution in [3.05, 3.63) is 93.1 Å². The lowest BCUT2D eigenvalue weighted by Crippen LogP contribution is -2.32. The Kier molecular flexibility index (Phi) is 7.11. The minimum atomic E-state index is -0.695. The Balaban J connectivity index is 1.25. The van der Waals surface area contributed by atoms with Gasteiger partial charge in [0.15, 0.2) is 0 Å². The molecule has 3 amide bonds. The summed E-state index contributed by atoms with van der Waals surface area (Å²) in [5.74, 6) is -1.61. The Labute approximate surface area is 228 Å². The molecule has 1 saturated heterocycles. The van der Waals surface area contributed by atoms with E-state index in [9.17, 15) is 14.4 Å². The lowest BCUT2D eigenvalue weighted by Gasteiger charge is -2.17. The number of amides is 3. The lowest BCUT2D eigenvalue weighted by molar-refractivity contribution is -0.120. The van der Waals surface area contributed by atoms with Gasteiger partial charge in [-0.05, 0) is 79.6 Å². The standard InChI is InChI=1S/C27H21Cl3N4O3/c28-17-13-18(29)15-22(14-17)34-26(36)23(30)24(27(34)37)31-19-5-3-16(4-6-19)25(35)32-20-7-9-21(10-8-20)33-11-1-2-12-33/h3-10,13-15,31H,1-2,11-12H2,(H,32,35). The number of halogens is 3. The van der Waals surface area contributed by atoms with E-state index in [0.29, 0.717) is 16.9 Å². The summed E-state index contributed by atoms with van der Waals surface area (Å²) in [5.41, 5.74) is 2.88. The monoisotopic (exact) mass is 554 g/mol. The highest BCUT2D eigenvalue weighted by molar-refractivity contribution is 6.53. The van der Waals surface area contributed by atoms with E-state index >= 15 is 0 Å². The van der Waals surface area contributed by atoms with Gasteiger partial charge in [-0.15, -0.1) is 0 Å². The van der Waals surface area contributed by atoms with Gasteiger partial charge in [0, 0.05) is 45.8 Å². The smallest absolute Gasteiger partial charge is 0.283 e. The zero-order chi connectivity index (χ0) is 26.1. The first-order valence-corrected chi connectivity index (χ1v) is 12.7. The molecule has 0 atom stereocenters. The van der Waals surface area contributed by atoms with Crippen molar-refractivity contribution in [3.63, 3.8) is 0 Å². The van der Waals surface area contributed by atoms with Gasteiger partial charge < -0.3 is 15.5 Å². The van der Waals surface area contributed by atoms with Crippen LogP contribution in [0.15, 0.2) is 77.5 Å². The van der Waals surface area contributed by atoms with E-state index in [1.807, 2.05) is 24.3 Å². The maximum Gasteiger partial charge on any atom is 0.283 e. The molecule has 0 spiro atoms. The van der Waals surface area contributed by atoms with Crippen molar-refractivity contribution in [1.82, 2.24) is 0 Å². The van der Waals surface area contributed by atoms with E-state index in [0.717, 1.165) is 23.7 Å². The molecular weight excluding hydrogens is 535 g/mol. The molecule has 2 heterocycles. The highest BCUT2D eigenvalue weighted by Gasteiger charge is 2.39. The number of rotatable bonds is 6. The molecular formula is C27H21Cl3N4O3. The van der Waals surface area contributed by atoms with Gasteiger partial charge in [-0.25, -0.2) is 4.90 Å². The Bertz CT molecular complexity index is 1400. The SMILES string of the molecule is O=C(Nc1ccc(N2CCCC2)cc1)c1ccc(NC2=C(Cl)C(=O)N(c3cc(Cl)cc(Cl)c3)C2=O)cc1. The summed E-state index contributed by atoms with van der Waals surface area (Å²) in [4.78, 5) is 41.6. The summed E-state index contributed by atoms with van der Waals surface area (Å²) in [7, 11) is 0. The predicted molar refractivity (Wildman–Crippen MR) is 148 cm³/mol. The van der Waals surface area contributed by atoms with Gasteiger partial charge in [0.2, 0.25) is 0 Å². The van der Waals surface area contributed by atoms with E-state index in [-0.39, 0.29) is 32.4 Å². The molecule has 2 N–H and O–H groups in total. The van der Waals surface area contributed by atoms with Gasteiger partial charge in [-0.3, -0.25) is 14.4 Å². The van der Waals surface area contributed by atoms with Crippen LogP contribution in [0.3, 0.4) is 0 Å². The third kappa shape index (κ3) is 5.30. The fourth-order valence-electron chi connectivity index (χ4n) is 4.30. The van der Waals surface area contributed by atoms with Crippen LogP contribution in [0.4, 0.5) is 22.7 Å². The second-order valence-corrected chi connectivity index (χ2v) is 9.91. The molecule has 0 bridgehead atoms. The molecule has 0 aromatic heterocycles. The minimum Gasteiger partial charge on any atom is -0.372 e. The number of hydrogen-bond donors (Lipinski definition) is 2. The van der Waals surface area contributed by atoms with E-state index in [2.05, 4.69) is 15.5 Å². The molecule has 7 nitrogen and oxygen atoms in total. The van der Waals surface area contributed by atoms with Gasteiger partial charge in [-0.1, -0.05) is 34.8 Å². The maximum absolute atomic E-state index is 13.0. The van der Waals surface area contributed by atoms with Crippen LogP contribution in [0.5, 0.6) is 0 Å². The van der Waals surface area contributed by atoms with Crippen LogP contribution in [-0.2, 0) is 9.59 Å². The molecule has 0 saturated carbocycles. The first-order chi connectivity index (χ1) is 17.8. The molecule has 2 aliphatic rings. The van der Waals surface area contributed by atoms with Crippen molar-refractivity contribution in [2.45, 2.75) is 12.8 Å². The van der Waals surface area contributed by atoms with E-state index in [1.54, 1.807) is 24.3 Å². The first kappa shape index (κ1) is 25.1. The maximum atomic E-state index is 13.0. The quantitative estimate of drug-likeness (QED) is 0.350. The van der Waals surface area contributed by atoms with Crippen molar-refractivity contribution in [2.24, 2.45) is 0 Å². The molecule has 10 heteroatoms. The van der Waals surface area contributed by atoms with Gasteiger partial charge >= 0.3 is 0 Å². The molecule has 1 fully saturated rings. The lowest BCUT2D eigenvalue weighted by atomic mass is 10.1. The largest absolute Gasteiger partial charge is 0.372 e. The second-order valence-electron chi connectivity index (χ2n) is 8.66. The third-order valence-corrected chi connectivity index (χ3v) is 6.93. The summed E-state index contributed by atoms with van der Waals surface area (Å²) >= 11 is 18.2. The highest BCUT2D eigenvalue weighted by Crippen LogP contribution is 2.33. The van der Waals surface area contributed by atoms with E-state index < -0.39 is 11.8 Å². The Hall–Kier alpha value is -3.52. The zero-order valence-electron chi connectivity index (χ0n) is 19.4. The molecule has 3 aromatic carbocycles. The number of carbonyl (C=O) groups excluding carboxylic acids is 3. The van der Waals surface area contributed by atoms with Crippen molar-refractivity contribution < 1.29 is 14.4 Å². The Morgan fingerprint density at radius 2 is 1.32 bits per heavy atom. The number of imide groups is 1. The van der Waals surface area contributed by atoms with Gasteiger partial charge in [0.1, 0.15) is 10.7 Å². The second kappa shape index (κ2) is 10.5. The fraction of sp³-hybridized carbons (Fsp3) is 0.148. The summed E-state index contributed by atoms with van der Waals surface area (Å²) in [5, 5.41) is 6.05. The molecule has 0 aliphatic carbocycles. The van der Waals surface area contributed by atoms with Crippen LogP contribution < -0.4 is 20.4 Å². The molecule has 0 unspecified atom stereocenters. The number of nitrogens with one attached hydrogen (secondary N) is 2. The summed E-state index contributed by atoms with van der Waals surface area (Å²) in [6.45, 7) is 2.11. The van der Waals surface area contributed by atoms with Crippen molar-refractivity contribution in [3.8, 4) is 0 Å². The van der Waals surface area contributed by atoms with Gasteiger partial charge in [0.25, 0.3) is 17.7 Å². The van der Waals surface area contributed by atoms with Crippen molar-refractivity contribution in [1.29, 1.82) is 0 Å². The molecule has 5 rings (SSSR count). The number of nitrogens with zero attached hydrogens (tertiary/aromatic N) is 2. The van der Waals surface area contributed by atoms with E-state index in [4.69, 9.17) is 34.8 Å². The average molecular weight is 556 g/mol. The summed E-state index contributed by atoms with van der Waals surface area (Å²) in [6, 6.07) is 18.6. The van der Waals surface area contributed by atoms with Gasteiger partial charge in [-0.2, -0.15) is 0 Å². The fourth-order valence-corrected chi connectivity index (χ4v) is 5.02. The number of anilines is 4. The average Bonchev–Trinajstić information content (AvgIpc) is 3.48. The molecule has 188 valence electrons. The molecule has 37 heavy (non-hydrogen) atoms. The van der Waals surface area contributed by atoms with Crippen LogP contribution in [0.2, 0.25) is 10.0 Å². The van der Waals surface area contributed by atoms with Crippen LogP contribution in [0, 0.1) is 0 Å². The summed E-state index contributed by atoms with van der Waals surface area (Å²) < 4.78 is 0. The van der Waals surface area contributed by atoms with Crippen molar-refractivity contribution in [2.75, 3.05) is 33.5 Å². The van der Waals surface area contributed by atoms with E-state index in [1.165, 1.54) is 31.0 Å². The van der Waals surface area contributed by atoms with Crippen LogP contribution in [-0.4, -0.2) is 30.8 Å². The number of hydrogen-bond acceptors (Lipinski definition) is 5. The first-order valence-electron chi connectivity index (χ1n) is 11.6. The zero-order valence-corrected chi connectivity index (χ0v) is 21.7. The molecule has 3 aromatic rings. The summed E-state index contributed by atoms with van der Waals surface area (Å²) in [6.07, 6.45) is 2.40. The minimum absolute atomic E-state index is 0.0851. The van der Waals surface area contributed by atoms with Crippen LogP contribution >= 0.6 is 34.8 Å². The Morgan fingerprint density at radius 1 is 0.730 bits per heavy atom. The normalized spacial score (nSPS) is 15.5. The predicted octanol–water partition coefficient (Wildman–Crippen LogP) is 6.28. The molecule has 2 aliphatic heterocycles. The molecule has 0 radical (unpaired) electrons. The highest BCUT2D eigenvalue weighted by atomic mass is 35.5.